The summed E-state index contributed by atoms with van der Waals surface area (Å²) in [4.78, 5) is 27.7. The van der Waals surface area contributed by atoms with Gasteiger partial charge in [-0.25, -0.2) is 0 Å². The van der Waals surface area contributed by atoms with Gasteiger partial charge in [-0.05, 0) is 42.3 Å². The van der Waals surface area contributed by atoms with E-state index in [0.29, 0.717) is 30.3 Å². The zero-order valence-electron chi connectivity index (χ0n) is 16.8. The Morgan fingerprint density at radius 3 is 2.40 bits per heavy atom. The summed E-state index contributed by atoms with van der Waals surface area (Å²) >= 11 is 1.60. The number of hydrogen-bond acceptors (Lipinski definition) is 5. The van der Waals surface area contributed by atoms with Gasteiger partial charge >= 0.3 is 0 Å². The molecule has 0 unspecified atom stereocenters. The standard InChI is InChI=1S/C23H25N3O3S/c1-2-26(16-22(27)24-15-19-11-8-14-30-19)17-23(28)25-20-12-6-7-13-21(20)29-18-9-4-3-5-10-18/h3-14H,2,15-17H2,1H3,(H,24,27)(H,25,28). The van der Waals surface area contributed by atoms with Gasteiger partial charge in [0.25, 0.3) is 0 Å². The lowest BCUT2D eigenvalue weighted by molar-refractivity contribution is -0.123. The smallest absolute Gasteiger partial charge is 0.238 e. The highest BCUT2D eigenvalue weighted by Gasteiger charge is 2.15. The Hall–Kier alpha value is -3.16. The molecule has 0 spiro atoms. The molecule has 0 saturated carbocycles. The maximum absolute atomic E-state index is 12.6. The van der Waals surface area contributed by atoms with Crippen molar-refractivity contribution >= 4 is 28.8 Å². The van der Waals surface area contributed by atoms with Crippen molar-refractivity contribution in [2.45, 2.75) is 13.5 Å². The first-order chi connectivity index (χ1) is 14.6. The van der Waals surface area contributed by atoms with Gasteiger partial charge in [-0.15, -0.1) is 11.3 Å². The monoisotopic (exact) mass is 423 g/mol. The number of rotatable bonds is 10. The van der Waals surface area contributed by atoms with E-state index in [1.807, 2.05) is 66.9 Å². The molecular weight excluding hydrogens is 398 g/mol. The van der Waals surface area contributed by atoms with Crippen LogP contribution in [0.25, 0.3) is 0 Å². The fourth-order valence-electron chi connectivity index (χ4n) is 2.80. The maximum Gasteiger partial charge on any atom is 0.238 e. The van der Waals surface area contributed by atoms with Gasteiger partial charge in [0, 0.05) is 4.88 Å². The number of carbonyl (C=O) groups is 2. The second kappa shape index (κ2) is 11.1. The Labute approximate surface area is 180 Å². The molecule has 1 heterocycles. The average Bonchev–Trinajstić information content (AvgIpc) is 3.28. The molecule has 0 aliphatic rings. The number of ether oxygens (including phenoxy) is 1. The van der Waals surface area contributed by atoms with E-state index in [0.717, 1.165) is 4.88 Å². The van der Waals surface area contributed by atoms with Crippen LogP contribution in [0.1, 0.15) is 11.8 Å². The summed E-state index contributed by atoms with van der Waals surface area (Å²) in [6, 6.07) is 20.6. The maximum atomic E-state index is 12.6. The third kappa shape index (κ3) is 6.72. The SMILES string of the molecule is CCN(CC(=O)NCc1cccs1)CC(=O)Nc1ccccc1Oc1ccccc1. The Balaban J connectivity index is 1.53. The first kappa shape index (κ1) is 21.5. The second-order valence-corrected chi connectivity index (χ2v) is 7.65. The fraction of sp³-hybridized carbons (Fsp3) is 0.217. The Kier molecular flexibility index (Phi) is 8.00. The fourth-order valence-corrected chi connectivity index (χ4v) is 3.45. The van der Waals surface area contributed by atoms with Crippen molar-refractivity contribution in [2.24, 2.45) is 0 Å². The van der Waals surface area contributed by atoms with Crippen LogP contribution in [0, 0.1) is 0 Å². The van der Waals surface area contributed by atoms with Gasteiger partial charge < -0.3 is 15.4 Å². The lowest BCUT2D eigenvalue weighted by atomic mass is 10.2. The van der Waals surface area contributed by atoms with E-state index in [2.05, 4.69) is 10.6 Å². The van der Waals surface area contributed by atoms with Gasteiger partial charge in [0.05, 0.1) is 25.3 Å². The van der Waals surface area contributed by atoms with Crippen molar-refractivity contribution in [1.29, 1.82) is 0 Å². The second-order valence-electron chi connectivity index (χ2n) is 6.62. The third-order valence-electron chi connectivity index (χ3n) is 4.35. The van der Waals surface area contributed by atoms with Gasteiger partial charge in [0.1, 0.15) is 5.75 Å². The van der Waals surface area contributed by atoms with E-state index in [4.69, 9.17) is 4.74 Å². The Morgan fingerprint density at radius 1 is 0.933 bits per heavy atom. The van der Waals surface area contributed by atoms with Gasteiger partial charge in [0.2, 0.25) is 11.8 Å². The van der Waals surface area contributed by atoms with Crippen molar-refractivity contribution in [3.05, 3.63) is 77.0 Å². The lowest BCUT2D eigenvalue weighted by Crippen LogP contribution is -2.40. The normalized spacial score (nSPS) is 10.6. The highest BCUT2D eigenvalue weighted by Crippen LogP contribution is 2.29. The predicted molar refractivity (Wildman–Crippen MR) is 120 cm³/mol. The number of anilines is 1. The van der Waals surface area contributed by atoms with Crippen molar-refractivity contribution < 1.29 is 14.3 Å². The summed E-state index contributed by atoms with van der Waals surface area (Å²) in [5, 5.41) is 7.75. The van der Waals surface area contributed by atoms with Crippen molar-refractivity contribution in [3.63, 3.8) is 0 Å². The zero-order chi connectivity index (χ0) is 21.2. The third-order valence-corrected chi connectivity index (χ3v) is 5.23. The molecule has 0 atom stereocenters. The van der Waals surface area contributed by atoms with Gasteiger partial charge in [-0.2, -0.15) is 0 Å². The van der Waals surface area contributed by atoms with E-state index >= 15 is 0 Å². The topological polar surface area (TPSA) is 70.7 Å². The van der Waals surface area contributed by atoms with Gasteiger partial charge in [-0.3, -0.25) is 14.5 Å². The van der Waals surface area contributed by atoms with Crippen molar-refractivity contribution in [1.82, 2.24) is 10.2 Å². The quantitative estimate of drug-likeness (QED) is 0.515. The minimum atomic E-state index is -0.202. The number of nitrogens with zero attached hydrogens (tertiary/aromatic N) is 1. The molecule has 3 rings (SSSR count). The summed E-state index contributed by atoms with van der Waals surface area (Å²) in [6.07, 6.45) is 0. The summed E-state index contributed by atoms with van der Waals surface area (Å²) in [7, 11) is 0. The molecule has 3 aromatic rings. The van der Waals surface area contributed by atoms with Crippen molar-refractivity contribution in [3.8, 4) is 11.5 Å². The molecule has 1 aromatic heterocycles. The molecule has 156 valence electrons. The van der Waals surface area contributed by atoms with E-state index in [1.165, 1.54) is 0 Å². The molecule has 6 nitrogen and oxygen atoms in total. The molecule has 7 heteroatoms. The van der Waals surface area contributed by atoms with Crippen LogP contribution in [0.5, 0.6) is 11.5 Å². The van der Waals surface area contributed by atoms with Gasteiger partial charge in [0.15, 0.2) is 5.75 Å². The van der Waals surface area contributed by atoms with E-state index in [9.17, 15) is 9.59 Å². The van der Waals surface area contributed by atoms with Crippen LogP contribution < -0.4 is 15.4 Å². The molecule has 0 bridgehead atoms. The Morgan fingerprint density at radius 2 is 1.67 bits per heavy atom. The molecule has 2 amide bonds. The highest BCUT2D eigenvalue weighted by atomic mass is 32.1. The molecule has 0 aliphatic carbocycles. The first-order valence-electron chi connectivity index (χ1n) is 9.77. The largest absolute Gasteiger partial charge is 0.455 e. The summed E-state index contributed by atoms with van der Waals surface area (Å²) in [5.74, 6) is 0.948. The van der Waals surface area contributed by atoms with Gasteiger partial charge in [-0.1, -0.05) is 43.3 Å². The predicted octanol–water partition coefficient (Wildman–Crippen LogP) is 4.12. The molecule has 0 saturated heterocycles. The Bertz CT molecular complexity index is 945. The molecule has 0 aliphatic heterocycles. The van der Waals surface area contributed by atoms with Crippen LogP contribution in [0.15, 0.2) is 72.1 Å². The molecule has 2 N–H and O–H groups in total. The summed E-state index contributed by atoms with van der Waals surface area (Å²) in [6.45, 7) is 3.29. The highest BCUT2D eigenvalue weighted by molar-refractivity contribution is 7.09. The van der Waals surface area contributed by atoms with Crippen LogP contribution >= 0.6 is 11.3 Å². The van der Waals surface area contributed by atoms with E-state index < -0.39 is 0 Å². The number of thiophene rings is 1. The molecule has 0 fully saturated rings. The van der Waals surface area contributed by atoms with E-state index in [-0.39, 0.29) is 24.9 Å². The number of nitrogens with one attached hydrogen (secondary N) is 2. The average molecular weight is 424 g/mol. The molecule has 0 radical (unpaired) electrons. The molecule has 30 heavy (non-hydrogen) atoms. The lowest BCUT2D eigenvalue weighted by Gasteiger charge is -2.20. The van der Waals surface area contributed by atoms with Crippen molar-refractivity contribution in [2.75, 3.05) is 25.0 Å². The molecule has 2 aromatic carbocycles. The van der Waals surface area contributed by atoms with Crippen LogP contribution in [0.2, 0.25) is 0 Å². The number of amides is 2. The summed E-state index contributed by atoms with van der Waals surface area (Å²) < 4.78 is 5.88. The number of hydrogen-bond donors (Lipinski definition) is 2. The number of carbonyl (C=O) groups excluding carboxylic acids is 2. The number of benzene rings is 2. The van der Waals surface area contributed by atoms with E-state index in [1.54, 1.807) is 28.4 Å². The first-order valence-corrected chi connectivity index (χ1v) is 10.6. The van der Waals surface area contributed by atoms with Crippen LogP contribution in [0.4, 0.5) is 5.69 Å². The number of likely N-dealkylation sites (N-methyl/N-ethyl adjacent to an activating group) is 1. The minimum absolute atomic E-state index is 0.106. The zero-order valence-corrected chi connectivity index (χ0v) is 17.7. The van der Waals surface area contributed by atoms with Crippen LogP contribution in [0.3, 0.4) is 0 Å². The van der Waals surface area contributed by atoms with Crippen LogP contribution in [-0.4, -0.2) is 36.3 Å². The summed E-state index contributed by atoms with van der Waals surface area (Å²) in [5.41, 5.74) is 0.588. The number of para-hydroxylation sites is 3. The molecular formula is C23H25N3O3S. The minimum Gasteiger partial charge on any atom is -0.455 e. The van der Waals surface area contributed by atoms with Crippen LogP contribution in [-0.2, 0) is 16.1 Å².